The zero-order valence-corrected chi connectivity index (χ0v) is 21.5. The molecule has 1 aromatic carbocycles. The Balaban J connectivity index is 1.50. The molecule has 6 nitrogen and oxygen atoms in total. The summed E-state index contributed by atoms with van der Waals surface area (Å²) in [7, 11) is 2.01. The average Bonchev–Trinajstić information content (AvgIpc) is 3.62. The number of nitrogens with one attached hydrogen (secondary N) is 2. The monoisotopic (exact) mass is 556 g/mol. The van der Waals surface area contributed by atoms with Crippen LogP contribution in [0.3, 0.4) is 0 Å². The number of benzene rings is 1. The zero-order valence-electron chi connectivity index (χ0n) is 21.5. The number of carbonyl (C=O) groups is 1. The lowest BCUT2D eigenvalue weighted by Crippen LogP contribution is -2.47. The van der Waals surface area contributed by atoms with E-state index in [9.17, 15) is 35.9 Å². The highest BCUT2D eigenvalue weighted by Gasteiger charge is 2.65. The number of alkyl halides is 5. The summed E-state index contributed by atoms with van der Waals surface area (Å²) < 4.78 is 83.4. The number of nitrogens with zero attached hydrogens (tertiary/aromatic N) is 2. The van der Waals surface area contributed by atoms with Gasteiger partial charge in [-0.2, -0.15) is 13.2 Å². The zero-order chi connectivity index (χ0) is 28.3. The average molecular weight is 557 g/mol. The number of anilines is 1. The number of hydrogen-bond donors (Lipinski definition) is 2. The first-order valence-electron chi connectivity index (χ1n) is 13.0. The van der Waals surface area contributed by atoms with Crippen LogP contribution >= 0.6 is 0 Å². The van der Waals surface area contributed by atoms with Crippen molar-refractivity contribution in [1.29, 1.82) is 0 Å². The summed E-state index contributed by atoms with van der Waals surface area (Å²) in [6, 6.07) is 3.32. The molecule has 1 amide bonds. The lowest BCUT2D eigenvalue weighted by atomic mass is 9.92. The molecule has 0 unspecified atom stereocenters. The molecule has 1 saturated heterocycles. The highest BCUT2D eigenvalue weighted by Crippen LogP contribution is 2.55. The molecule has 212 valence electrons. The maximum Gasteiger partial charge on any atom is 0.412 e. The molecule has 0 spiro atoms. The molecule has 4 atom stereocenters. The molecule has 1 aliphatic heterocycles. The van der Waals surface area contributed by atoms with Gasteiger partial charge in [0.15, 0.2) is 0 Å². The van der Waals surface area contributed by atoms with E-state index in [0.717, 1.165) is 44.3 Å². The molecule has 2 saturated carbocycles. The second-order valence-electron chi connectivity index (χ2n) is 11.1. The quantitative estimate of drug-likeness (QED) is 0.459. The Morgan fingerprint density at radius 2 is 1.72 bits per heavy atom. The van der Waals surface area contributed by atoms with Crippen molar-refractivity contribution in [1.82, 2.24) is 14.8 Å². The third-order valence-electron chi connectivity index (χ3n) is 8.46. The number of carbonyl (C=O) groups excluding carboxylic acids is 1. The molecule has 1 aromatic heterocycles. The first-order chi connectivity index (χ1) is 18.3. The van der Waals surface area contributed by atoms with Crippen molar-refractivity contribution in [3.63, 3.8) is 0 Å². The highest BCUT2D eigenvalue weighted by atomic mass is 19.4. The molecular weight excluding hydrogens is 526 g/mol. The first-order valence-corrected chi connectivity index (χ1v) is 13.0. The normalized spacial score (nSPS) is 25.0. The van der Waals surface area contributed by atoms with Crippen molar-refractivity contribution in [2.24, 2.45) is 11.8 Å². The number of piperidine rings is 1. The van der Waals surface area contributed by atoms with Crippen LogP contribution in [0.5, 0.6) is 0 Å². The van der Waals surface area contributed by atoms with Gasteiger partial charge in [-0.05, 0) is 51.5 Å². The largest absolute Gasteiger partial charge is 0.412 e. The Kier molecular flexibility index (Phi) is 6.97. The summed E-state index contributed by atoms with van der Waals surface area (Å²) in [6.45, 7) is 3.01. The van der Waals surface area contributed by atoms with E-state index in [1.165, 1.54) is 19.1 Å². The lowest BCUT2D eigenvalue weighted by molar-refractivity contribution is -0.180. The number of hydrogen-bond acceptors (Lipinski definition) is 4. The summed E-state index contributed by atoms with van der Waals surface area (Å²) in [5.41, 5.74) is -4.36. The fourth-order valence-electron chi connectivity index (χ4n) is 6.24. The van der Waals surface area contributed by atoms with Gasteiger partial charge in [0.25, 0.3) is 17.9 Å². The van der Waals surface area contributed by atoms with Gasteiger partial charge in [0, 0.05) is 37.0 Å². The van der Waals surface area contributed by atoms with E-state index in [0.29, 0.717) is 4.57 Å². The summed E-state index contributed by atoms with van der Waals surface area (Å²) >= 11 is 0. The third kappa shape index (κ3) is 4.92. The van der Waals surface area contributed by atoms with Crippen LogP contribution in [0, 0.1) is 17.7 Å². The Bertz CT molecular complexity index is 1310. The predicted molar refractivity (Wildman–Crippen MR) is 132 cm³/mol. The number of amides is 1. The molecule has 39 heavy (non-hydrogen) atoms. The van der Waals surface area contributed by atoms with Crippen molar-refractivity contribution in [3.8, 4) is 0 Å². The molecule has 5 rings (SSSR count). The van der Waals surface area contributed by atoms with Crippen molar-refractivity contribution >= 4 is 11.6 Å². The van der Waals surface area contributed by atoms with Crippen LogP contribution in [-0.4, -0.2) is 47.7 Å². The maximum atomic E-state index is 14.7. The number of likely N-dealkylation sites (tertiary alicyclic amines) is 1. The van der Waals surface area contributed by atoms with Gasteiger partial charge in [0.05, 0.1) is 22.9 Å². The highest BCUT2D eigenvalue weighted by molar-refractivity contribution is 5.99. The van der Waals surface area contributed by atoms with Gasteiger partial charge in [-0.3, -0.25) is 14.2 Å². The summed E-state index contributed by atoms with van der Waals surface area (Å²) in [5.74, 6) is -1.54. The minimum atomic E-state index is -4.70. The van der Waals surface area contributed by atoms with E-state index in [1.807, 2.05) is 7.05 Å². The van der Waals surface area contributed by atoms with Crippen molar-refractivity contribution in [3.05, 3.63) is 63.3 Å². The number of aromatic nitrogens is 1. The minimum Gasteiger partial charge on any atom is -0.381 e. The van der Waals surface area contributed by atoms with E-state index in [4.69, 9.17) is 0 Å². The van der Waals surface area contributed by atoms with Gasteiger partial charge < -0.3 is 15.5 Å². The summed E-state index contributed by atoms with van der Waals surface area (Å²) in [4.78, 5) is 28.7. The molecule has 3 aliphatic rings. The van der Waals surface area contributed by atoms with Crippen LogP contribution < -0.4 is 16.2 Å². The summed E-state index contributed by atoms with van der Waals surface area (Å²) in [6.07, 6.45) is -5.52. The second kappa shape index (κ2) is 9.87. The topological polar surface area (TPSA) is 66.4 Å². The van der Waals surface area contributed by atoms with Gasteiger partial charge in [-0.25, -0.2) is 13.2 Å². The first kappa shape index (κ1) is 27.5. The molecule has 12 heteroatoms. The van der Waals surface area contributed by atoms with E-state index in [-0.39, 0.29) is 47.5 Å². The van der Waals surface area contributed by atoms with Crippen LogP contribution in [-0.2, 0) is 5.54 Å². The molecule has 0 radical (unpaired) electrons. The van der Waals surface area contributed by atoms with Crippen LogP contribution in [0.25, 0.3) is 0 Å². The van der Waals surface area contributed by atoms with Crippen molar-refractivity contribution < 1.29 is 31.1 Å². The van der Waals surface area contributed by atoms with Gasteiger partial charge in [0.2, 0.25) is 0 Å². The van der Waals surface area contributed by atoms with Crippen LogP contribution in [0.2, 0.25) is 0 Å². The van der Waals surface area contributed by atoms with Gasteiger partial charge in [-0.1, -0.05) is 18.2 Å². The van der Waals surface area contributed by atoms with Crippen molar-refractivity contribution in [2.75, 3.05) is 25.5 Å². The minimum absolute atomic E-state index is 0.0712. The SMILES string of the molecule is C[C@@H](NC(=O)c1cn(C2(C(F)(F)F)CC2)c(=O)cc1N[C@H]1[C@@H]2CC[C@H]1CN(C)C2)c1cccc(C(F)F)c1F. The fraction of sp³-hybridized carbons (Fsp3) is 0.556. The lowest BCUT2D eigenvalue weighted by Gasteiger charge is -2.37. The maximum absolute atomic E-state index is 14.7. The molecule has 3 fully saturated rings. The van der Waals surface area contributed by atoms with E-state index in [2.05, 4.69) is 15.5 Å². The molecule has 2 aliphatic carbocycles. The van der Waals surface area contributed by atoms with E-state index < -0.39 is 47.0 Å². The number of rotatable bonds is 7. The van der Waals surface area contributed by atoms with Crippen LogP contribution in [0.15, 0.2) is 35.3 Å². The third-order valence-corrected chi connectivity index (χ3v) is 8.46. The Labute approximate surface area is 221 Å². The smallest absolute Gasteiger partial charge is 0.381 e. The van der Waals surface area contributed by atoms with Gasteiger partial charge in [0.1, 0.15) is 11.4 Å². The molecule has 2 bridgehead atoms. The van der Waals surface area contributed by atoms with Gasteiger partial charge in [-0.15, -0.1) is 0 Å². The Morgan fingerprint density at radius 3 is 2.28 bits per heavy atom. The van der Waals surface area contributed by atoms with Gasteiger partial charge >= 0.3 is 6.18 Å². The fourth-order valence-corrected chi connectivity index (χ4v) is 6.24. The number of pyridine rings is 1. The molecule has 2 heterocycles. The van der Waals surface area contributed by atoms with Crippen LogP contribution in [0.4, 0.5) is 32.0 Å². The second-order valence-corrected chi connectivity index (χ2v) is 11.1. The Morgan fingerprint density at radius 1 is 1.10 bits per heavy atom. The number of halogens is 6. The van der Waals surface area contributed by atoms with E-state index >= 15 is 0 Å². The van der Waals surface area contributed by atoms with Crippen LogP contribution in [0.1, 0.15) is 66.6 Å². The van der Waals surface area contributed by atoms with Crippen molar-refractivity contribution in [2.45, 2.75) is 62.8 Å². The Hall–Kier alpha value is -3.02. The molecule has 2 aromatic rings. The molecule has 2 N–H and O–H groups in total. The molecular formula is C27H30F6N4O2. The number of fused-ring (bicyclic) bond motifs is 2. The summed E-state index contributed by atoms with van der Waals surface area (Å²) in [5, 5.41) is 5.82. The standard InChI is InChI=1S/C27H30F6N4O2/c1-14(17-4-3-5-18(22(17)28)24(29)30)34-25(39)19-13-37(26(8-9-26)27(31,32)33)21(38)10-20(19)35-23-15-6-7-16(23)12-36(2)11-15/h3-5,10,13-16,23-24,35H,6-9,11-12H2,1-2H3,(H,34,39)/t14-,15-,16+,23+/m1/s1. The predicted octanol–water partition coefficient (Wildman–Crippen LogP) is 5.22. The van der Waals surface area contributed by atoms with E-state index in [1.54, 1.807) is 0 Å².